The highest BCUT2D eigenvalue weighted by molar-refractivity contribution is 8.10. The molecule has 1 aliphatic heterocycles. The number of hydrogen-bond donors (Lipinski definition) is 0. The summed E-state index contributed by atoms with van der Waals surface area (Å²) in [5.74, 6) is 0. The maximum atomic E-state index is 4.20. The van der Waals surface area contributed by atoms with Crippen molar-refractivity contribution < 1.29 is 0 Å². The van der Waals surface area contributed by atoms with E-state index in [2.05, 4.69) is 9.30 Å². The fourth-order valence-electron chi connectivity index (χ4n) is 1.81. The Kier molecular flexibility index (Phi) is 2.48. The Morgan fingerprint density at radius 1 is 1.27 bits per heavy atom. The molecule has 0 radical (unpaired) electrons. The van der Waals surface area contributed by atoms with Gasteiger partial charge in [-0.25, -0.2) is 4.31 Å². The first-order chi connectivity index (χ1) is 5.47. The van der Waals surface area contributed by atoms with Gasteiger partial charge in [-0.1, -0.05) is 19.3 Å². The molecule has 0 atom stereocenters. The van der Waals surface area contributed by atoms with Gasteiger partial charge in [-0.15, -0.1) is 0 Å². The molecule has 1 heterocycles. The van der Waals surface area contributed by atoms with Crippen molar-refractivity contribution >= 4 is 17.5 Å². The summed E-state index contributed by atoms with van der Waals surface area (Å²) in [6, 6.07) is 0.816. The Morgan fingerprint density at radius 3 is 2.73 bits per heavy atom. The van der Waals surface area contributed by atoms with E-state index in [4.69, 9.17) is 0 Å². The van der Waals surface area contributed by atoms with Crippen molar-refractivity contribution in [1.29, 1.82) is 0 Å². The van der Waals surface area contributed by atoms with Crippen LogP contribution >= 0.6 is 11.9 Å². The standard InChI is InChI=1S/C8H14N2S/c1-2-4-8(5-3-1)10-6-9-7-11-10/h7-8H,1-6H2. The molecule has 1 aliphatic carbocycles. The quantitative estimate of drug-likeness (QED) is 0.561. The molecule has 11 heavy (non-hydrogen) atoms. The molecule has 0 spiro atoms. The summed E-state index contributed by atoms with van der Waals surface area (Å²) in [4.78, 5) is 4.20. The summed E-state index contributed by atoms with van der Waals surface area (Å²) < 4.78 is 2.42. The second-order valence-corrected chi connectivity index (χ2v) is 4.13. The van der Waals surface area contributed by atoms with Crippen molar-refractivity contribution in [2.45, 2.75) is 38.1 Å². The highest BCUT2D eigenvalue weighted by atomic mass is 32.2. The van der Waals surface area contributed by atoms with Gasteiger partial charge in [0.2, 0.25) is 0 Å². The molecule has 0 saturated heterocycles. The van der Waals surface area contributed by atoms with E-state index in [0.29, 0.717) is 0 Å². The molecule has 62 valence electrons. The molecule has 2 nitrogen and oxygen atoms in total. The average Bonchev–Trinajstić information content (AvgIpc) is 2.58. The average molecular weight is 170 g/mol. The van der Waals surface area contributed by atoms with Crippen molar-refractivity contribution in [3.8, 4) is 0 Å². The molecule has 0 unspecified atom stereocenters. The van der Waals surface area contributed by atoms with Gasteiger partial charge in [-0.2, -0.15) is 0 Å². The zero-order chi connectivity index (χ0) is 7.52. The van der Waals surface area contributed by atoms with Crippen LogP contribution < -0.4 is 0 Å². The summed E-state index contributed by atoms with van der Waals surface area (Å²) in [5, 5.41) is 0. The molecule has 2 rings (SSSR count). The van der Waals surface area contributed by atoms with Gasteiger partial charge in [0.05, 0.1) is 5.55 Å². The van der Waals surface area contributed by atoms with Crippen molar-refractivity contribution in [3.05, 3.63) is 0 Å². The van der Waals surface area contributed by atoms with Crippen LogP contribution in [0.25, 0.3) is 0 Å². The van der Waals surface area contributed by atoms with Crippen LogP contribution in [-0.4, -0.2) is 22.6 Å². The highest BCUT2D eigenvalue weighted by Gasteiger charge is 2.22. The third kappa shape index (κ3) is 1.76. The first-order valence-electron chi connectivity index (χ1n) is 4.38. The van der Waals surface area contributed by atoms with E-state index in [0.717, 1.165) is 12.7 Å². The van der Waals surface area contributed by atoms with E-state index in [1.54, 1.807) is 11.9 Å². The Bertz CT molecular complexity index is 144. The van der Waals surface area contributed by atoms with E-state index in [-0.39, 0.29) is 0 Å². The molecule has 0 amide bonds. The number of aliphatic imine (C=N–C) groups is 1. The van der Waals surface area contributed by atoms with Crippen LogP contribution in [0.15, 0.2) is 4.99 Å². The van der Waals surface area contributed by atoms with Gasteiger partial charge in [0.15, 0.2) is 0 Å². The van der Waals surface area contributed by atoms with E-state index in [9.17, 15) is 0 Å². The van der Waals surface area contributed by atoms with Crippen LogP contribution in [0, 0.1) is 0 Å². The maximum absolute atomic E-state index is 4.20. The molecule has 1 fully saturated rings. The van der Waals surface area contributed by atoms with Gasteiger partial charge < -0.3 is 0 Å². The van der Waals surface area contributed by atoms with Gasteiger partial charge in [0.25, 0.3) is 0 Å². The van der Waals surface area contributed by atoms with Crippen molar-refractivity contribution in [2.75, 3.05) is 6.67 Å². The predicted molar refractivity (Wildman–Crippen MR) is 49.7 cm³/mol. The van der Waals surface area contributed by atoms with Gasteiger partial charge in [-0.05, 0) is 24.8 Å². The van der Waals surface area contributed by atoms with Gasteiger partial charge in [0.1, 0.15) is 6.67 Å². The molecule has 0 bridgehead atoms. The van der Waals surface area contributed by atoms with E-state index < -0.39 is 0 Å². The Hall–Kier alpha value is -0.0200. The lowest BCUT2D eigenvalue weighted by Crippen LogP contribution is -2.29. The molecular formula is C8H14N2S. The van der Waals surface area contributed by atoms with E-state index in [1.165, 1.54) is 32.1 Å². The summed E-state index contributed by atoms with van der Waals surface area (Å²) in [5.41, 5.74) is 1.97. The largest absolute Gasteiger partial charge is 0.269 e. The first kappa shape index (κ1) is 7.62. The summed E-state index contributed by atoms with van der Waals surface area (Å²) in [6.07, 6.45) is 7.05. The van der Waals surface area contributed by atoms with E-state index >= 15 is 0 Å². The SMILES string of the molecule is C1=NCN(C2CCCCC2)S1. The first-order valence-corrected chi connectivity index (χ1v) is 5.22. The topological polar surface area (TPSA) is 15.6 Å². The Balaban J connectivity index is 1.83. The summed E-state index contributed by atoms with van der Waals surface area (Å²) >= 11 is 1.79. The second-order valence-electron chi connectivity index (χ2n) is 3.24. The summed E-state index contributed by atoms with van der Waals surface area (Å²) in [6.45, 7) is 0.926. The fourth-order valence-corrected chi connectivity index (χ4v) is 2.58. The van der Waals surface area contributed by atoms with Gasteiger partial charge in [-0.3, -0.25) is 4.99 Å². The summed E-state index contributed by atoms with van der Waals surface area (Å²) in [7, 11) is 0. The molecule has 0 aromatic carbocycles. The molecule has 2 aliphatic rings. The van der Waals surface area contributed by atoms with Gasteiger partial charge >= 0.3 is 0 Å². The zero-order valence-electron chi connectivity index (χ0n) is 6.70. The molecule has 0 aromatic rings. The lowest BCUT2D eigenvalue weighted by molar-refractivity contribution is 0.283. The third-order valence-corrected chi connectivity index (χ3v) is 3.39. The minimum atomic E-state index is 0.816. The lowest BCUT2D eigenvalue weighted by atomic mass is 9.96. The zero-order valence-corrected chi connectivity index (χ0v) is 7.52. The predicted octanol–water partition coefficient (Wildman–Crippen LogP) is 2.27. The number of hydrogen-bond acceptors (Lipinski definition) is 3. The maximum Gasteiger partial charge on any atom is 0.101 e. The van der Waals surface area contributed by atoms with Crippen molar-refractivity contribution in [2.24, 2.45) is 4.99 Å². The molecule has 0 aromatic heterocycles. The minimum Gasteiger partial charge on any atom is -0.269 e. The van der Waals surface area contributed by atoms with Crippen LogP contribution in [0.5, 0.6) is 0 Å². The van der Waals surface area contributed by atoms with Gasteiger partial charge in [0, 0.05) is 6.04 Å². The van der Waals surface area contributed by atoms with Crippen molar-refractivity contribution in [1.82, 2.24) is 4.31 Å². The smallest absolute Gasteiger partial charge is 0.101 e. The third-order valence-electron chi connectivity index (χ3n) is 2.46. The Labute approximate surface area is 72.2 Å². The van der Waals surface area contributed by atoms with Crippen LogP contribution in [-0.2, 0) is 0 Å². The van der Waals surface area contributed by atoms with Crippen LogP contribution in [0.1, 0.15) is 32.1 Å². The van der Waals surface area contributed by atoms with Crippen LogP contribution in [0.4, 0.5) is 0 Å². The Morgan fingerprint density at radius 2 is 2.09 bits per heavy atom. The van der Waals surface area contributed by atoms with Crippen LogP contribution in [0.3, 0.4) is 0 Å². The van der Waals surface area contributed by atoms with E-state index in [1.807, 2.05) is 5.55 Å². The number of nitrogens with zero attached hydrogens (tertiary/aromatic N) is 2. The normalized spacial score (nSPS) is 28.0. The lowest BCUT2D eigenvalue weighted by Gasteiger charge is -2.28. The van der Waals surface area contributed by atoms with Crippen molar-refractivity contribution in [3.63, 3.8) is 0 Å². The monoisotopic (exact) mass is 170 g/mol. The molecule has 0 N–H and O–H groups in total. The van der Waals surface area contributed by atoms with Crippen LogP contribution in [0.2, 0.25) is 0 Å². The highest BCUT2D eigenvalue weighted by Crippen LogP contribution is 2.28. The number of rotatable bonds is 1. The molecule has 1 saturated carbocycles. The molecular weight excluding hydrogens is 156 g/mol. The fraction of sp³-hybridized carbons (Fsp3) is 0.875. The minimum absolute atomic E-state index is 0.816. The second kappa shape index (κ2) is 3.59. The molecule has 3 heteroatoms.